The zero-order chi connectivity index (χ0) is 11.4. The van der Waals surface area contributed by atoms with E-state index >= 15 is 0 Å². The number of methoxy groups -OCH3 is 1. The Morgan fingerprint density at radius 2 is 2.19 bits per heavy atom. The summed E-state index contributed by atoms with van der Waals surface area (Å²) in [5.74, 6) is 1.77. The van der Waals surface area contributed by atoms with Gasteiger partial charge in [0.1, 0.15) is 5.75 Å². The third-order valence-electron chi connectivity index (χ3n) is 2.93. The van der Waals surface area contributed by atoms with Gasteiger partial charge >= 0.3 is 0 Å². The Labute approximate surface area is 96.5 Å². The summed E-state index contributed by atoms with van der Waals surface area (Å²) < 4.78 is 10.9. The van der Waals surface area contributed by atoms with E-state index in [1.54, 1.807) is 7.11 Å². The summed E-state index contributed by atoms with van der Waals surface area (Å²) in [6.07, 6.45) is 3.95. The van der Waals surface area contributed by atoms with Gasteiger partial charge in [-0.1, -0.05) is 12.8 Å². The molecule has 0 aromatic heterocycles. The predicted octanol–water partition coefficient (Wildman–Crippen LogP) is 2.59. The lowest BCUT2D eigenvalue weighted by atomic mass is 10.2. The van der Waals surface area contributed by atoms with Crippen molar-refractivity contribution in [3.8, 4) is 5.75 Å². The molecular formula is C13H19NO2. The molecule has 1 saturated carbocycles. The highest BCUT2D eigenvalue weighted by atomic mass is 16.5. The van der Waals surface area contributed by atoms with E-state index in [2.05, 4.69) is 0 Å². The van der Waals surface area contributed by atoms with Crippen molar-refractivity contribution in [1.29, 1.82) is 0 Å². The van der Waals surface area contributed by atoms with Crippen molar-refractivity contribution in [2.45, 2.75) is 25.9 Å². The van der Waals surface area contributed by atoms with Crippen LogP contribution in [0.15, 0.2) is 18.2 Å². The smallest absolute Gasteiger partial charge is 0.124 e. The molecule has 0 saturated heterocycles. The molecule has 2 rings (SSSR count). The first kappa shape index (κ1) is 11.3. The first-order valence-electron chi connectivity index (χ1n) is 5.79. The zero-order valence-electron chi connectivity index (χ0n) is 9.74. The van der Waals surface area contributed by atoms with Crippen molar-refractivity contribution in [1.82, 2.24) is 0 Å². The maximum atomic E-state index is 5.73. The molecule has 0 radical (unpaired) electrons. The molecule has 1 aromatic carbocycles. The van der Waals surface area contributed by atoms with E-state index in [4.69, 9.17) is 15.2 Å². The first-order valence-corrected chi connectivity index (χ1v) is 5.79. The number of anilines is 1. The Hall–Kier alpha value is -1.22. The molecule has 0 heterocycles. The van der Waals surface area contributed by atoms with E-state index < -0.39 is 0 Å². The van der Waals surface area contributed by atoms with Crippen LogP contribution in [-0.2, 0) is 11.3 Å². The van der Waals surface area contributed by atoms with Crippen molar-refractivity contribution in [2.24, 2.45) is 5.92 Å². The highest BCUT2D eigenvalue weighted by Crippen LogP contribution is 2.32. The quantitative estimate of drug-likeness (QED) is 0.593. The number of hydrogen-bond acceptors (Lipinski definition) is 3. The first-order chi connectivity index (χ1) is 7.79. The Bertz CT molecular complexity index is 348. The Morgan fingerprint density at radius 3 is 2.88 bits per heavy atom. The third-order valence-corrected chi connectivity index (χ3v) is 2.93. The van der Waals surface area contributed by atoms with Crippen LogP contribution in [0, 0.1) is 5.92 Å². The lowest BCUT2D eigenvalue weighted by Crippen LogP contribution is -2.00. The number of nitrogen functional groups attached to an aromatic ring is 1. The molecule has 16 heavy (non-hydrogen) atoms. The summed E-state index contributed by atoms with van der Waals surface area (Å²) >= 11 is 0. The molecular weight excluding hydrogens is 202 g/mol. The molecule has 88 valence electrons. The van der Waals surface area contributed by atoms with Gasteiger partial charge in [0.05, 0.1) is 13.7 Å². The van der Waals surface area contributed by atoms with Crippen LogP contribution in [-0.4, -0.2) is 13.7 Å². The van der Waals surface area contributed by atoms with Crippen molar-refractivity contribution < 1.29 is 9.47 Å². The van der Waals surface area contributed by atoms with Gasteiger partial charge in [-0.05, 0) is 30.5 Å². The molecule has 1 aliphatic rings. The summed E-state index contributed by atoms with van der Waals surface area (Å²) in [6.45, 7) is 1.42. The normalized spacial score (nSPS) is 15.1. The van der Waals surface area contributed by atoms with Gasteiger partial charge in [0, 0.05) is 17.9 Å². The van der Waals surface area contributed by atoms with Gasteiger partial charge in [0.25, 0.3) is 0 Å². The highest BCUT2D eigenvalue weighted by Gasteiger charge is 2.20. The van der Waals surface area contributed by atoms with Gasteiger partial charge in [-0.15, -0.1) is 0 Å². The molecule has 0 spiro atoms. The summed E-state index contributed by atoms with van der Waals surface area (Å²) in [4.78, 5) is 0. The van der Waals surface area contributed by atoms with Gasteiger partial charge in [0.15, 0.2) is 0 Å². The summed E-state index contributed by atoms with van der Waals surface area (Å²) in [5.41, 5.74) is 7.51. The number of nitrogens with two attached hydrogens (primary N) is 1. The fourth-order valence-electron chi connectivity index (χ4n) is 1.75. The Balaban J connectivity index is 1.83. The van der Waals surface area contributed by atoms with Gasteiger partial charge in [-0.25, -0.2) is 0 Å². The van der Waals surface area contributed by atoms with Gasteiger partial charge < -0.3 is 15.2 Å². The summed E-state index contributed by atoms with van der Waals surface area (Å²) in [7, 11) is 1.67. The Morgan fingerprint density at radius 1 is 1.38 bits per heavy atom. The standard InChI is InChI=1S/C13H19NO2/c1-15-13-5-4-12(14)8-11(13)9-16-7-6-10-2-3-10/h4-5,8,10H,2-3,6-7,9,14H2,1H3. The van der Waals surface area contributed by atoms with E-state index in [1.165, 1.54) is 19.3 Å². The minimum Gasteiger partial charge on any atom is -0.496 e. The fourth-order valence-corrected chi connectivity index (χ4v) is 1.75. The van der Waals surface area contributed by atoms with Gasteiger partial charge in [0.2, 0.25) is 0 Å². The number of ether oxygens (including phenoxy) is 2. The molecule has 0 aliphatic heterocycles. The average Bonchev–Trinajstić information content (AvgIpc) is 3.08. The van der Waals surface area contributed by atoms with Crippen LogP contribution in [0.3, 0.4) is 0 Å². The summed E-state index contributed by atoms with van der Waals surface area (Å²) in [5, 5.41) is 0. The van der Waals surface area contributed by atoms with Gasteiger partial charge in [-0.2, -0.15) is 0 Å². The molecule has 0 unspecified atom stereocenters. The largest absolute Gasteiger partial charge is 0.496 e. The highest BCUT2D eigenvalue weighted by molar-refractivity contribution is 5.47. The second kappa shape index (κ2) is 5.21. The molecule has 1 aromatic rings. The molecule has 0 amide bonds. The minimum atomic E-state index is 0.584. The third kappa shape index (κ3) is 3.14. The monoisotopic (exact) mass is 221 g/mol. The van der Waals surface area contributed by atoms with Crippen molar-refractivity contribution in [3.05, 3.63) is 23.8 Å². The molecule has 0 bridgehead atoms. The topological polar surface area (TPSA) is 44.5 Å². The van der Waals surface area contributed by atoms with Crippen LogP contribution in [0.25, 0.3) is 0 Å². The SMILES string of the molecule is COc1ccc(N)cc1COCCC1CC1. The average molecular weight is 221 g/mol. The summed E-state index contributed by atoms with van der Waals surface area (Å²) in [6, 6.07) is 5.64. The van der Waals surface area contributed by atoms with E-state index in [1.807, 2.05) is 18.2 Å². The van der Waals surface area contributed by atoms with Crippen LogP contribution in [0.2, 0.25) is 0 Å². The van der Waals surface area contributed by atoms with Crippen LogP contribution in [0.5, 0.6) is 5.75 Å². The second-order valence-corrected chi connectivity index (χ2v) is 4.36. The Kier molecular flexibility index (Phi) is 3.67. The molecule has 1 fully saturated rings. The van der Waals surface area contributed by atoms with Crippen molar-refractivity contribution in [3.63, 3.8) is 0 Å². The van der Waals surface area contributed by atoms with E-state index in [0.717, 1.165) is 29.5 Å². The van der Waals surface area contributed by atoms with E-state index in [-0.39, 0.29) is 0 Å². The van der Waals surface area contributed by atoms with Crippen LogP contribution < -0.4 is 10.5 Å². The number of benzene rings is 1. The number of hydrogen-bond donors (Lipinski definition) is 1. The minimum absolute atomic E-state index is 0.584. The van der Waals surface area contributed by atoms with Gasteiger partial charge in [-0.3, -0.25) is 0 Å². The lowest BCUT2D eigenvalue weighted by molar-refractivity contribution is 0.113. The van der Waals surface area contributed by atoms with Crippen molar-refractivity contribution >= 4 is 5.69 Å². The molecule has 3 nitrogen and oxygen atoms in total. The predicted molar refractivity (Wildman–Crippen MR) is 64.4 cm³/mol. The van der Waals surface area contributed by atoms with E-state index in [0.29, 0.717) is 6.61 Å². The fraction of sp³-hybridized carbons (Fsp3) is 0.538. The maximum absolute atomic E-state index is 5.73. The second-order valence-electron chi connectivity index (χ2n) is 4.36. The molecule has 0 atom stereocenters. The van der Waals surface area contributed by atoms with Crippen LogP contribution in [0.4, 0.5) is 5.69 Å². The van der Waals surface area contributed by atoms with E-state index in [9.17, 15) is 0 Å². The molecule has 1 aliphatic carbocycles. The van der Waals surface area contributed by atoms with Crippen LogP contribution >= 0.6 is 0 Å². The molecule has 2 N–H and O–H groups in total. The maximum Gasteiger partial charge on any atom is 0.124 e. The van der Waals surface area contributed by atoms with Crippen LogP contribution in [0.1, 0.15) is 24.8 Å². The molecule has 3 heteroatoms. The lowest BCUT2D eigenvalue weighted by Gasteiger charge is -2.09. The zero-order valence-corrected chi connectivity index (χ0v) is 9.74. The number of rotatable bonds is 6. The van der Waals surface area contributed by atoms with Crippen molar-refractivity contribution in [2.75, 3.05) is 19.5 Å².